The summed E-state index contributed by atoms with van der Waals surface area (Å²) in [5.41, 5.74) is 5.84. The van der Waals surface area contributed by atoms with Crippen molar-refractivity contribution >= 4 is 5.91 Å². The minimum Gasteiger partial charge on any atom is -0.402 e. The highest BCUT2D eigenvalue weighted by molar-refractivity contribution is 5.88. The molecule has 1 rings (SSSR count). The highest BCUT2D eigenvalue weighted by Crippen LogP contribution is 2.18. The maximum absolute atomic E-state index is 10.8. The van der Waals surface area contributed by atoms with E-state index in [9.17, 15) is 4.79 Å². The zero-order chi connectivity index (χ0) is 7.56. The van der Waals surface area contributed by atoms with Crippen molar-refractivity contribution in [2.75, 3.05) is 0 Å². The molecule has 0 saturated heterocycles. The van der Waals surface area contributed by atoms with E-state index >= 15 is 0 Å². The van der Waals surface area contributed by atoms with E-state index in [-0.39, 0.29) is 5.91 Å². The van der Waals surface area contributed by atoms with Crippen LogP contribution in [-0.4, -0.2) is 11.9 Å². The van der Waals surface area contributed by atoms with Crippen molar-refractivity contribution in [3.63, 3.8) is 0 Å². The van der Waals surface area contributed by atoms with Crippen LogP contribution in [0, 0.1) is 0 Å². The van der Waals surface area contributed by atoms with Gasteiger partial charge in [0.2, 0.25) is 5.91 Å². The third-order valence-corrected chi connectivity index (χ3v) is 1.28. The Bertz CT molecular complexity index is 166. The maximum Gasteiger partial charge on any atom is 0.245 e. The summed E-state index contributed by atoms with van der Waals surface area (Å²) >= 11 is 0. The summed E-state index contributed by atoms with van der Waals surface area (Å²) < 4.78 is 0. The second-order valence-corrected chi connectivity index (χ2v) is 2.67. The molecule has 0 heterocycles. The molecule has 1 aliphatic rings. The number of hydrogen-bond acceptors (Lipinski definition) is 2. The lowest BCUT2D eigenvalue weighted by molar-refractivity contribution is -0.116. The van der Waals surface area contributed by atoms with Gasteiger partial charge < -0.3 is 11.1 Å². The summed E-state index contributed by atoms with van der Waals surface area (Å²) in [5.74, 6) is -0.0671. The summed E-state index contributed by atoms with van der Waals surface area (Å²) in [6.45, 7) is 1.70. The molecule has 0 aliphatic heterocycles. The van der Waals surface area contributed by atoms with E-state index in [4.69, 9.17) is 5.73 Å². The largest absolute Gasteiger partial charge is 0.402 e. The van der Waals surface area contributed by atoms with Crippen molar-refractivity contribution < 1.29 is 4.79 Å². The number of hydrogen-bond donors (Lipinski definition) is 2. The fraction of sp³-hybridized carbons (Fsp3) is 0.571. The second kappa shape index (κ2) is 2.73. The first-order valence-corrected chi connectivity index (χ1v) is 3.43. The third-order valence-electron chi connectivity index (χ3n) is 1.28. The lowest BCUT2D eigenvalue weighted by atomic mass is 10.4. The highest BCUT2D eigenvalue weighted by Gasteiger charge is 2.22. The van der Waals surface area contributed by atoms with Crippen molar-refractivity contribution in [3.05, 3.63) is 11.8 Å². The summed E-state index contributed by atoms with van der Waals surface area (Å²) in [7, 11) is 0. The lowest BCUT2D eigenvalue weighted by Crippen LogP contribution is -2.23. The Kier molecular flexibility index (Phi) is 1.94. The van der Waals surface area contributed by atoms with Gasteiger partial charge in [-0.2, -0.15) is 0 Å². The predicted octanol–water partition coefficient (Wildman–Crippen LogP) is 0.127. The molecule has 0 aromatic rings. The maximum atomic E-state index is 10.8. The Balaban J connectivity index is 2.26. The molecular formula is C7H12N2O. The van der Waals surface area contributed by atoms with Gasteiger partial charge in [0.25, 0.3) is 0 Å². The van der Waals surface area contributed by atoms with Crippen LogP contribution in [-0.2, 0) is 4.79 Å². The fourth-order valence-electron chi connectivity index (χ4n) is 0.677. The standard InChI is InChI=1S/C7H12N2O/c1-5(8)4-7(10)9-6-2-3-6/h4,6H,2-3,8H2,1H3,(H,9,10)/b5-4-. The normalized spacial score (nSPS) is 18.7. The number of rotatable bonds is 2. The highest BCUT2D eigenvalue weighted by atomic mass is 16.1. The van der Waals surface area contributed by atoms with E-state index in [2.05, 4.69) is 5.32 Å². The SMILES string of the molecule is C/C(N)=C/C(=O)NC1CC1. The van der Waals surface area contributed by atoms with Crippen LogP contribution in [0.1, 0.15) is 19.8 Å². The molecule has 0 unspecified atom stereocenters. The van der Waals surface area contributed by atoms with Crippen LogP contribution in [0.2, 0.25) is 0 Å². The summed E-state index contributed by atoms with van der Waals surface area (Å²) in [5, 5.41) is 2.79. The van der Waals surface area contributed by atoms with Crippen LogP contribution in [0.5, 0.6) is 0 Å². The molecule has 10 heavy (non-hydrogen) atoms. The molecule has 0 bridgehead atoms. The van der Waals surface area contributed by atoms with Crippen molar-refractivity contribution in [1.29, 1.82) is 0 Å². The van der Waals surface area contributed by atoms with Gasteiger partial charge in [-0.05, 0) is 19.8 Å². The Morgan fingerprint density at radius 1 is 1.70 bits per heavy atom. The second-order valence-electron chi connectivity index (χ2n) is 2.67. The molecule has 3 nitrogen and oxygen atoms in total. The van der Waals surface area contributed by atoms with E-state index in [1.165, 1.54) is 6.08 Å². The molecule has 1 amide bonds. The zero-order valence-corrected chi connectivity index (χ0v) is 6.05. The molecule has 0 atom stereocenters. The minimum absolute atomic E-state index is 0.0671. The molecule has 3 heteroatoms. The monoisotopic (exact) mass is 140 g/mol. The zero-order valence-electron chi connectivity index (χ0n) is 6.05. The Morgan fingerprint density at radius 3 is 2.70 bits per heavy atom. The number of amides is 1. The van der Waals surface area contributed by atoms with Crippen LogP contribution in [0.3, 0.4) is 0 Å². The van der Waals surface area contributed by atoms with Crippen molar-refractivity contribution in [1.82, 2.24) is 5.32 Å². The molecular weight excluding hydrogens is 128 g/mol. The smallest absolute Gasteiger partial charge is 0.245 e. The number of allylic oxidation sites excluding steroid dienone is 1. The topological polar surface area (TPSA) is 55.1 Å². The van der Waals surface area contributed by atoms with Gasteiger partial charge >= 0.3 is 0 Å². The van der Waals surface area contributed by atoms with Gasteiger partial charge in [-0.1, -0.05) is 0 Å². The quantitative estimate of drug-likeness (QED) is 0.535. The van der Waals surface area contributed by atoms with E-state index in [0.717, 1.165) is 12.8 Å². The van der Waals surface area contributed by atoms with Gasteiger partial charge in [-0.15, -0.1) is 0 Å². The molecule has 1 saturated carbocycles. The third kappa shape index (κ3) is 2.53. The molecule has 56 valence electrons. The van der Waals surface area contributed by atoms with Gasteiger partial charge in [-0.3, -0.25) is 4.79 Å². The van der Waals surface area contributed by atoms with Crippen molar-refractivity contribution in [2.24, 2.45) is 5.73 Å². The Morgan fingerprint density at radius 2 is 2.30 bits per heavy atom. The van der Waals surface area contributed by atoms with Gasteiger partial charge in [-0.25, -0.2) is 0 Å². The Hall–Kier alpha value is -0.990. The molecule has 1 aliphatic carbocycles. The summed E-state index contributed by atoms with van der Waals surface area (Å²) in [4.78, 5) is 10.8. The molecule has 0 aromatic heterocycles. The van der Waals surface area contributed by atoms with E-state index in [0.29, 0.717) is 11.7 Å². The number of nitrogens with one attached hydrogen (secondary N) is 1. The number of carbonyl (C=O) groups is 1. The lowest BCUT2D eigenvalue weighted by Gasteiger charge is -1.96. The van der Waals surface area contributed by atoms with Gasteiger partial charge in [0.1, 0.15) is 0 Å². The fourth-order valence-corrected chi connectivity index (χ4v) is 0.677. The van der Waals surface area contributed by atoms with Gasteiger partial charge in [0.15, 0.2) is 0 Å². The molecule has 0 radical (unpaired) electrons. The van der Waals surface area contributed by atoms with Gasteiger partial charge in [0.05, 0.1) is 0 Å². The number of carbonyl (C=O) groups excluding carboxylic acids is 1. The van der Waals surface area contributed by atoms with Crippen LogP contribution in [0.4, 0.5) is 0 Å². The first-order chi connectivity index (χ1) is 4.68. The Labute approximate surface area is 60.3 Å². The van der Waals surface area contributed by atoms with E-state index < -0.39 is 0 Å². The molecule has 1 fully saturated rings. The van der Waals surface area contributed by atoms with Crippen LogP contribution < -0.4 is 11.1 Å². The predicted molar refractivity (Wildman–Crippen MR) is 39.1 cm³/mol. The van der Waals surface area contributed by atoms with E-state index in [1.54, 1.807) is 6.92 Å². The molecule has 0 spiro atoms. The minimum atomic E-state index is -0.0671. The van der Waals surface area contributed by atoms with E-state index in [1.807, 2.05) is 0 Å². The summed E-state index contributed by atoms with van der Waals surface area (Å²) in [6.07, 6.45) is 3.64. The van der Waals surface area contributed by atoms with Crippen LogP contribution >= 0.6 is 0 Å². The van der Waals surface area contributed by atoms with Crippen molar-refractivity contribution in [3.8, 4) is 0 Å². The summed E-state index contributed by atoms with van der Waals surface area (Å²) in [6, 6.07) is 0.420. The molecule has 3 N–H and O–H groups in total. The molecule has 0 aromatic carbocycles. The average molecular weight is 140 g/mol. The van der Waals surface area contributed by atoms with Crippen LogP contribution in [0.15, 0.2) is 11.8 Å². The van der Waals surface area contributed by atoms with Crippen LogP contribution in [0.25, 0.3) is 0 Å². The van der Waals surface area contributed by atoms with Crippen molar-refractivity contribution in [2.45, 2.75) is 25.8 Å². The first kappa shape index (κ1) is 7.12. The number of nitrogens with two attached hydrogens (primary N) is 1. The first-order valence-electron chi connectivity index (χ1n) is 3.43. The van der Waals surface area contributed by atoms with Gasteiger partial charge in [0, 0.05) is 17.8 Å². The average Bonchev–Trinajstić information content (AvgIpc) is 2.46.